The van der Waals surface area contributed by atoms with Crippen molar-refractivity contribution in [1.29, 1.82) is 0 Å². The molecule has 1 N–H and O–H groups in total. The highest BCUT2D eigenvalue weighted by molar-refractivity contribution is 5.95. The Labute approximate surface area is 103 Å². The minimum Gasteiger partial charge on any atom is -0.462 e. The van der Waals surface area contributed by atoms with Crippen molar-refractivity contribution in [3.05, 3.63) is 29.8 Å². The SMILES string of the molecule is CCOC(=O)c1ccccc1NCC(C)(C)C. The molecule has 3 nitrogen and oxygen atoms in total. The minimum atomic E-state index is -0.274. The molecule has 1 aromatic rings. The molecule has 0 amide bonds. The summed E-state index contributed by atoms with van der Waals surface area (Å²) in [5.74, 6) is -0.274. The molecule has 3 heteroatoms. The average Bonchev–Trinajstić information content (AvgIpc) is 2.26. The predicted octanol–water partition coefficient (Wildman–Crippen LogP) is 3.32. The van der Waals surface area contributed by atoms with E-state index in [0.717, 1.165) is 12.2 Å². The first kappa shape index (κ1) is 13.6. The lowest BCUT2D eigenvalue weighted by Gasteiger charge is -2.20. The Morgan fingerprint density at radius 1 is 1.29 bits per heavy atom. The molecular weight excluding hydrogens is 214 g/mol. The second-order valence-corrected chi connectivity index (χ2v) is 5.18. The molecule has 17 heavy (non-hydrogen) atoms. The first-order valence-electron chi connectivity index (χ1n) is 5.94. The topological polar surface area (TPSA) is 38.3 Å². The minimum absolute atomic E-state index is 0.168. The van der Waals surface area contributed by atoms with Gasteiger partial charge >= 0.3 is 5.97 Å². The standard InChI is InChI=1S/C14H21NO2/c1-5-17-13(16)11-8-6-7-9-12(11)15-10-14(2,3)4/h6-9,15H,5,10H2,1-4H3. The fourth-order valence-electron chi connectivity index (χ4n) is 1.38. The van der Waals surface area contributed by atoms with Crippen LogP contribution in [-0.2, 0) is 4.74 Å². The van der Waals surface area contributed by atoms with Crippen LogP contribution in [-0.4, -0.2) is 19.1 Å². The molecule has 0 aromatic heterocycles. The van der Waals surface area contributed by atoms with Gasteiger partial charge in [0.05, 0.1) is 12.2 Å². The summed E-state index contributed by atoms with van der Waals surface area (Å²) >= 11 is 0. The molecule has 0 heterocycles. The van der Waals surface area contributed by atoms with E-state index in [1.165, 1.54) is 0 Å². The Hall–Kier alpha value is -1.51. The maximum atomic E-state index is 11.7. The Kier molecular flexibility index (Phi) is 4.55. The number of carbonyl (C=O) groups excluding carboxylic acids is 1. The van der Waals surface area contributed by atoms with Crippen LogP contribution >= 0.6 is 0 Å². The van der Waals surface area contributed by atoms with Crippen LogP contribution < -0.4 is 5.32 Å². The van der Waals surface area contributed by atoms with E-state index in [2.05, 4.69) is 26.1 Å². The van der Waals surface area contributed by atoms with Crippen molar-refractivity contribution >= 4 is 11.7 Å². The van der Waals surface area contributed by atoms with Crippen LogP contribution in [0.2, 0.25) is 0 Å². The molecule has 0 fully saturated rings. The van der Waals surface area contributed by atoms with Gasteiger partial charge in [-0.05, 0) is 24.5 Å². The molecule has 0 unspecified atom stereocenters. The van der Waals surface area contributed by atoms with E-state index >= 15 is 0 Å². The molecule has 0 saturated heterocycles. The maximum absolute atomic E-state index is 11.7. The highest BCUT2D eigenvalue weighted by Gasteiger charge is 2.14. The van der Waals surface area contributed by atoms with Crippen LogP contribution in [0.4, 0.5) is 5.69 Å². The average molecular weight is 235 g/mol. The van der Waals surface area contributed by atoms with Crippen LogP contribution in [0.15, 0.2) is 24.3 Å². The van der Waals surface area contributed by atoms with Gasteiger partial charge in [-0.1, -0.05) is 32.9 Å². The third-order valence-corrected chi connectivity index (χ3v) is 2.23. The molecule has 0 bridgehead atoms. The van der Waals surface area contributed by atoms with E-state index in [-0.39, 0.29) is 11.4 Å². The third kappa shape index (κ3) is 4.47. The van der Waals surface area contributed by atoms with Crippen LogP contribution in [0.1, 0.15) is 38.1 Å². The normalized spacial score (nSPS) is 11.1. The number of anilines is 1. The Balaban J connectivity index is 2.81. The van der Waals surface area contributed by atoms with Gasteiger partial charge in [0.1, 0.15) is 0 Å². The van der Waals surface area contributed by atoms with Crippen molar-refractivity contribution in [2.75, 3.05) is 18.5 Å². The number of carbonyl (C=O) groups is 1. The largest absolute Gasteiger partial charge is 0.462 e. The van der Waals surface area contributed by atoms with Crippen molar-refractivity contribution < 1.29 is 9.53 Å². The number of rotatable bonds is 4. The van der Waals surface area contributed by atoms with Gasteiger partial charge in [-0.3, -0.25) is 0 Å². The molecule has 0 radical (unpaired) electrons. The lowest BCUT2D eigenvalue weighted by molar-refractivity contribution is 0.0527. The summed E-state index contributed by atoms with van der Waals surface area (Å²) in [4.78, 5) is 11.7. The summed E-state index contributed by atoms with van der Waals surface area (Å²) in [5.41, 5.74) is 1.60. The monoisotopic (exact) mass is 235 g/mol. The van der Waals surface area contributed by atoms with E-state index < -0.39 is 0 Å². The number of hydrogen-bond donors (Lipinski definition) is 1. The second kappa shape index (κ2) is 5.71. The van der Waals surface area contributed by atoms with Gasteiger partial charge < -0.3 is 10.1 Å². The van der Waals surface area contributed by atoms with Crippen LogP contribution in [0.3, 0.4) is 0 Å². The zero-order valence-corrected chi connectivity index (χ0v) is 11.0. The molecule has 0 aliphatic heterocycles. The zero-order valence-electron chi connectivity index (χ0n) is 11.0. The number of ether oxygens (including phenoxy) is 1. The Morgan fingerprint density at radius 2 is 1.94 bits per heavy atom. The molecule has 1 aromatic carbocycles. The summed E-state index contributed by atoms with van der Waals surface area (Å²) < 4.78 is 5.02. The molecule has 0 aliphatic rings. The quantitative estimate of drug-likeness (QED) is 0.814. The molecule has 0 aliphatic carbocycles. The van der Waals surface area contributed by atoms with Gasteiger partial charge in [0.15, 0.2) is 0 Å². The van der Waals surface area contributed by atoms with E-state index in [1.54, 1.807) is 6.07 Å². The maximum Gasteiger partial charge on any atom is 0.340 e. The van der Waals surface area contributed by atoms with Crippen LogP contribution in [0, 0.1) is 5.41 Å². The molecular formula is C14H21NO2. The van der Waals surface area contributed by atoms with E-state index in [4.69, 9.17) is 4.74 Å². The fraction of sp³-hybridized carbons (Fsp3) is 0.500. The smallest absolute Gasteiger partial charge is 0.340 e. The third-order valence-electron chi connectivity index (χ3n) is 2.23. The predicted molar refractivity (Wildman–Crippen MR) is 70.3 cm³/mol. The Morgan fingerprint density at radius 3 is 2.53 bits per heavy atom. The molecule has 0 spiro atoms. The zero-order chi connectivity index (χ0) is 12.9. The Bertz CT molecular complexity index is 380. The first-order chi connectivity index (χ1) is 7.94. The van der Waals surface area contributed by atoms with E-state index in [9.17, 15) is 4.79 Å². The molecule has 0 saturated carbocycles. The lowest BCUT2D eigenvalue weighted by Crippen LogP contribution is -2.20. The van der Waals surface area contributed by atoms with Crippen molar-refractivity contribution in [2.24, 2.45) is 5.41 Å². The summed E-state index contributed by atoms with van der Waals surface area (Å²) in [5, 5.41) is 3.29. The van der Waals surface area contributed by atoms with Gasteiger partial charge in [0.2, 0.25) is 0 Å². The highest BCUT2D eigenvalue weighted by atomic mass is 16.5. The van der Waals surface area contributed by atoms with Crippen LogP contribution in [0.5, 0.6) is 0 Å². The number of nitrogens with one attached hydrogen (secondary N) is 1. The second-order valence-electron chi connectivity index (χ2n) is 5.18. The number of para-hydroxylation sites is 1. The van der Waals surface area contributed by atoms with Gasteiger partial charge in [-0.25, -0.2) is 4.79 Å². The molecule has 94 valence electrons. The number of hydrogen-bond acceptors (Lipinski definition) is 3. The number of benzene rings is 1. The lowest BCUT2D eigenvalue weighted by atomic mass is 9.96. The summed E-state index contributed by atoms with van der Waals surface area (Å²) in [6, 6.07) is 7.43. The van der Waals surface area contributed by atoms with Crippen molar-refractivity contribution in [3.8, 4) is 0 Å². The van der Waals surface area contributed by atoms with Gasteiger partial charge in [0, 0.05) is 12.2 Å². The molecule has 0 atom stereocenters. The highest BCUT2D eigenvalue weighted by Crippen LogP contribution is 2.19. The van der Waals surface area contributed by atoms with E-state index in [0.29, 0.717) is 12.2 Å². The molecule has 1 rings (SSSR count). The van der Waals surface area contributed by atoms with Crippen LogP contribution in [0.25, 0.3) is 0 Å². The van der Waals surface area contributed by atoms with Gasteiger partial charge in [-0.15, -0.1) is 0 Å². The van der Waals surface area contributed by atoms with Crippen molar-refractivity contribution in [2.45, 2.75) is 27.7 Å². The fourth-order valence-corrected chi connectivity index (χ4v) is 1.38. The number of esters is 1. The summed E-state index contributed by atoms with van der Waals surface area (Å²) in [6.45, 7) is 9.45. The first-order valence-corrected chi connectivity index (χ1v) is 5.94. The summed E-state index contributed by atoms with van der Waals surface area (Å²) in [6.07, 6.45) is 0. The van der Waals surface area contributed by atoms with Gasteiger partial charge in [-0.2, -0.15) is 0 Å². The van der Waals surface area contributed by atoms with E-state index in [1.807, 2.05) is 25.1 Å². The van der Waals surface area contributed by atoms with Crippen molar-refractivity contribution in [1.82, 2.24) is 0 Å². The van der Waals surface area contributed by atoms with Crippen molar-refractivity contribution in [3.63, 3.8) is 0 Å². The summed E-state index contributed by atoms with van der Waals surface area (Å²) in [7, 11) is 0. The van der Waals surface area contributed by atoms with Gasteiger partial charge in [0.25, 0.3) is 0 Å².